The van der Waals surface area contributed by atoms with Crippen LogP contribution in [0.1, 0.15) is 15.6 Å². The van der Waals surface area contributed by atoms with E-state index in [2.05, 4.69) is 4.98 Å². The van der Waals surface area contributed by atoms with E-state index < -0.39 is 12.0 Å². The lowest BCUT2D eigenvalue weighted by Gasteiger charge is -2.03. The Balaban J connectivity index is 2.35. The lowest BCUT2D eigenvalue weighted by Crippen LogP contribution is -2.32. The van der Waals surface area contributed by atoms with E-state index >= 15 is 0 Å². The van der Waals surface area contributed by atoms with Crippen molar-refractivity contribution in [2.24, 2.45) is 5.73 Å². The van der Waals surface area contributed by atoms with E-state index in [1.54, 1.807) is 11.3 Å². The summed E-state index contributed by atoms with van der Waals surface area (Å²) < 4.78 is 0. The Bertz CT molecular complexity index is 332. The monoisotopic (exact) mass is 246 g/mol. The van der Waals surface area contributed by atoms with Gasteiger partial charge in [0.2, 0.25) is 0 Å². The largest absolute Gasteiger partial charge is 0.480 e. The smallest absolute Gasteiger partial charge is 0.321 e. The van der Waals surface area contributed by atoms with E-state index in [1.165, 1.54) is 16.6 Å². The molecule has 84 valence electrons. The molecular formula is C9H14N2O2S2. The van der Waals surface area contributed by atoms with Crippen LogP contribution in [0.3, 0.4) is 0 Å². The lowest BCUT2D eigenvalue weighted by atomic mass is 10.4. The van der Waals surface area contributed by atoms with Gasteiger partial charge in [-0.3, -0.25) is 4.79 Å². The first kappa shape index (κ1) is 12.5. The van der Waals surface area contributed by atoms with E-state index in [-0.39, 0.29) is 0 Å². The van der Waals surface area contributed by atoms with Crippen LogP contribution in [0.15, 0.2) is 0 Å². The highest BCUT2D eigenvalue weighted by Crippen LogP contribution is 2.21. The maximum atomic E-state index is 10.4. The Hall–Kier alpha value is -0.590. The fourth-order valence-corrected chi connectivity index (χ4v) is 2.91. The van der Waals surface area contributed by atoms with E-state index in [0.29, 0.717) is 5.75 Å². The third kappa shape index (κ3) is 3.81. The number of aromatic nitrogens is 1. The van der Waals surface area contributed by atoms with Crippen molar-refractivity contribution in [2.45, 2.75) is 25.6 Å². The first-order valence-corrected chi connectivity index (χ1v) is 6.47. The van der Waals surface area contributed by atoms with Crippen molar-refractivity contribution in [3.8, 4) is 0 Å². The zero-order valence-corrected chi connectivity index (χ0v) is 10.3. The molecule has 1 aromatic rings. The van der Waals surface area contributed by atoms with Gasteiger partial charge in [0, 0.05) is 16.4 Å². The molecule has 0 aliphatic rings. The lowest BCUT2D eigenvalue weighted by molar-refractivity contribution is -0.137. The molecule has 1 aromatic heterocycles. The number of carboxylic acids is 1. The van der Waals surface area contributed by atoms with Crippen LogP contribution < -0.4 is 5.73 Å². The Morgan fingerprint density at radius 1 is 1.67 bits per heavy atom. The topological polar surface area (TPSA) is 76.2 Å². The maximum Gasteiger partial charge on any atom is 0.321 e. The van der Waals surface area contributed by atoms with E-state index in [1.807, 2.05) is 13.8 Å². The molecule has 3 N–H and O–H groups in total. The number of thioether (sulfide) groups is 1. The molecule has 0 saturated carbocycles. The van der Waals surface area contributed by atoms with Crippen LogP contribution in [-0.2, 0) is 10.5 Å². The number of hydrogen-bond donors (Lipinski definition) is 2. The molecular weight excluding hydrogens is 232 g/mol. The SMILES string of the molecule is Cc1nc(CSCC(N)C(=O)O)sc1C. The summed E-state index contributed by atoms with van der Waals surface area (Å²) in [6.07, 6.45) is 0. The van der Waals surface area contributed by atoms with Crippen LogP contribution in [-0.4, -0.2) is 27.9 Å². The van der Waals surface area contributed by atoms with E-state index in [0.717, 1.165) is 16.5 Å². The number of aliphatic carboxylic acids is 1. The summed E-state index contributed by atoms with van der Waals surface area (Å²) in [4.78, 5) is 16.0. The van der Waals surface area contributed by atoms with Gasteiger partial charge in [0.1, 0.15) is 11.0 Å². The number of rotatable bonds is 5. The highest BCUT2D eigenvalue weighted by atomic mass is 32.2. The summed E-state index contributed by atoms with van der Waals surface area (Å²) in [5.74, 6) is 0.210. The average Bonchev–Trinajstić information content (AvgIpc) is 2.46. The number of carboxylic acid groups (broad SMARTS) is 1. The fraction of sp³-hybridized carbons (Fsp3) is 0.556. The van der Waals surface area contributed by atoms with Crippen LogP contribution in [0.5, 0.6) is 0 Å². The molecule has 1 rings (SSSR count). The van der Waals surface area contributed by atoms with Crippen molar-refractivity contribution in [3.05, 3.63) is 15.6 Å². The van der Waals surface area contributed by atoms with Crippen molar-refractivity contribution < 1.29 is 9.90 Å². The standard InChI is InChI=1S/C9H14N2O2S2/c1-5-6(2)15-8(11-5)4-14-3-7(10)9(12)13/h7H,3-4,10H2,1-2H3,(H,12,13). The van der Waals surface area contributed by atoms with Gasteiger partial charge in [-0.15, -0.1) is 11.3 Å². The van der Waals surface area contributed by atoms with Gasteiger partial charge in [0.05, 0.1) is 5.69 Å². The molecule has 0 saturated heterocycles. The van der Waals surface area contributed by atoms with Gasteiger partial charge in [-0.2, -0.15) is 11.8 Å². The van der Waals surface area contributed by atoms with Crippen molar-refractivity contribution >= 4 is 29.1 Å². The summed E-state index contributed by atoms with van der Waals surface area (Å²) in [7, 11) is 0. The van der Waals surface area contributed by atoms with Gasteiger partial charge in [-0.05, 0) is 13.8 Å². The van der Waals surface area contributed by atoms with Gasteiger partial charge in [-0.25, -0.2) is 4.98 Å². The van der Waals surface area contributed by atoms with Crippen molar-refractivity contribution in [3.63, 3.8) is 0 Å². The fourth-order valence-electron chi connectivity index (χ4n) is 0.945. The number of thiazole rings is 1. The minimum absolute atomic E-state index is 0.424. The zero-order valence-electron chi connectivity index (χ0n) is 8.69. The first-order chi connectivity index (χ1) is 7.00. The molecule has 0 fully saturated rings. The van der Waals surface area contributed by atoms with Gasteiger partial charge in [0.15, 0.2) is 0 Å². The summed E-state index contributed by atoms with van der Waals surface area (Å²) >= 11 is 3.16. The molecule has 0 spiro atoms. The highest BCUT2D eigenvalue weighted by molar-refractivity contribution is 7.98. The third-order valence-electron chi connectivity index (χ3n) is 1.91. The predicted molar refractivity (Wildman–Crippen MR) is 63.4 cm³/mol. The Morgan fingerprint density at radius 2 is 2.33 bits per heavy atom. The number of nitrogens with zero attached hydrogens (tertiary/aromatic N) is 1. The molecule has 1 heterocycles. The van der Waals surface area contributed by atoms with Crippen LogP contribution >= 0.6 is 23.1 Å². The van der Waals surface area contributed by atoms with Crippen molar-refractivity contribution in [1.29, 1.82) is 0 Å². The summed E-state index contributed by atoms with van der Waals surface area (Å²) in [6, 6.07) is -0.780. The summed E-state index contributed by atoms with van der Waals surface area (Å²) in [5.41, 5.74) is 6.43. The molecule has 0 bridgehead atoms. The summed E-state index contributed by atoms with van der Waals surface area (Å²) in [5, 5.41) is 9.61. The molecule has 0 amide bonds. The maximum absolute atomic E-state index is 10.4. The van der Waals surface area contributed by atoms with Crippen molar-refractivity contribution in [1.82, 2.24) is 4.98 Å². The molecule has 1 unspecified atom stereocenters. The van der Waals surface area contributed by atoms with E-state index in [4.69, 9.17) is 10.8 Å². The average molecular weight is 246 g/mol. The van der Waals surface area contributed by atoms with Gasteiger partial charge < -0.3 is 10.8 Å². The Labute approximate surface area is 96.9 Å². The summed E-state index contributed by atoms with van der Waals surface area (Å²) in [6.45, 7) is 4.01. The Kier molecular flexibility index (Phi) is 4.56. The second kappa shape index (κ2) is 5.48. The van der Waals surface area contributed by atoms with Gasteiger partial charge >= 0.3 is 5.97 Å². The second-order valence-corrected chi connectivity index (χ2v) is 5.53. The third-order valence-corrected chi connectivity index (χ3v) is 4.24. The number of nitrogens with two attached hydrogens (primary N) is 1. The van der Waals surface area contributed by atoms with Crippen molar-refractivity contribution in [2.75, 3.05) is 5.75 Å². The molecule has 4 nitrogen and oxygen atoms in total. The van der Waals surface area contributed by atoms with E-state index in [9.17, 15) is 4.79 Å². The number of carbonyl (C=O) groups is 1. The number of aryl methyl sites for hydroxylation is 2. The quantitative estimate of drug-likeness (QED) is 0.821. The van der Waals surface area contributed by atoms with Gasteiger partial charge in [-0.1, -0.05) is 0 Å². The number of hydrogen-bond acceptors (Lipinski definition) is 5. The molecule has 0 aliphatic carbocycles. The van der Waals surface area contributed by atoms with Crippen LogP contribution in [0.4, 0.5) is 0 Å². The highest BCUT2D eigenvalue weighted by Gasteiger charge is 2.11. The normalized spacial score (nSPS) is 12.7. The molecule has 1 atom stereocenters. The van der Waals surface area contributed by atoms with Gasteiger partial charge in [0.25, 0.3) is 0 Å². The molecule has 15 heavy (non-hydrogen) atoms. The van der Waals surface area contributed by atoms with Crippen LogP contribution in [0.25, 0.3) is 0 Å². The molecule has 0 radical (unpaired) electrons. The molecule has 0 aliphatic heterocycles. The minimum atomic E-state index is -0.950. The predicted octanol–water partition coefficient (Wildman–Crippen LogP) is 1.41. The molecule has 6 heteroatoms. The second-order valence-electron chi connectivity index (χ2n) is 3.21. The van der Waals surface area contributed by atoms with Crippen LogP contribution in [0.2, 0.25) is 0 Å². The zero-order chi connectivity index (χ0) is 11.4. The first-order valence-electron chi connectivity index (χ1n) is 4.49. The Morgan fingerprint density at radius 3 is 2.80 bits per heavy atom. The minimum Gasteiger partial charge on any atom is -0.480 e. The van der Waals surface area contributed by atoms with Crippen LogP contribution in [0, 0.1) is 13.8 Å². The molecule has 0 aromatic carbocycles.